The molecule has 1 aliphatic rings. The van der Waals surface area contributed by atoms with Crippen molar-refractivity contribution in [3.05, 3.63) is 57.8 Å². The Morgan fingerprint density at radius 1 is 1.11 bits per heavy atom. The molecule has 0 amide bonds. The maximum absolute atomic E-state index is 10.6. The minimum absolute atomic E-state index is 0.0254. The molecule has 0 radical (unpaired) electrons. The Hall–Kier alpha value is -1.12. The van der Waals surface area contributed by atoms with Gasteiger partial charge in [-0.1, -0.05) is 37.3 Å². The quantitative estimate of drug-likeness (QED) is 0.874. The first-order chi connectivity index (χ1) is 9.24. The highest BCUT2D eigenvalue weighted by Gasteiger charge is 2.49. The Morgan fingerprint density at radius 2 is 1.79 bits per heavy atom. The Kier molecular flexibility index (Phi) is 3.46. The first-order valence-corrected chi connectivity index (χ1v) is 7.87. The molecule has 1 heterocycles. The normalized spacial score (nSPS) is 18.2. The molecule has 0 spiro atoms. The second-order valence-corrected chi connectivity index (χ2v) is 6.72. The topological polar surface area (TPSA) is 20.2 Å². The van der Waals surface area contributed by atoms with Crippen molar-refractivity contribution in [1.29, 1.82) is 0 Å². The van der Waals surface area contributed by atoms with Gasteiger partial charge in [0.05, 0.1) is 6.10 Å². The number of aliphatic hydroxyl groups excluding tert-OH is 1. The van der Waals surface area contributed by atoms with Gasteiger partial charge in [0.2, 0.25) is 0 Å². The van der Waals surface area contributed by atoms with Crippen LogP contribution in [-0.4, -0.2) is 11.2 Å². The van der Waals surface area contributed by atoms with Gasteiger partial charge in [0, 0.05) is 21.6 Å². The van der Waals surface area contributed by atoms with Crippen LogP contribution in [0.1, 0.15) is 35.1 Å². The van der Waals surface area contributed by atoms with Crippen molar-refractivity contribution in [2.24, 2.45) is 0 Å². The van der Waals surface area contributed by atoms with E-state index in [4.69, 9.17) is 0 Å². The van der Waals surface area contributed by atoms with Gasteiger partial charge in [0.25, 0.3) is 0 Å². The van der Waals surface area contributed by atoms with Crippen molar-refractivity contribution >= 4 is 11.3 Å². The number of benzene rings is 1. The Bertz CT molecular complexity index is 539. The highest BCUT2D eigenvalue weighted by atomic mass is 32.1. The van der Waals surface area contributed by atoms with Crippen molar-refractivity contribution in [2.75, 3.05) is 0 Å². The Labute approximate surface area is 118 Å². The fraction of sp³-hybridized carbons (Fsp3) is 0.412. The third-order valence-corrected chi connectivity index (χ3v) is 5.49. The summed E-state index contributed by atoms with van der Waals surface area (Å²) in [6, 6.07) is 14.9. The van der Waals surface area contributed by atoms with E-state index in [1.165, 1.54) is 15.3 Å². The largest absolute Gasteiger partial charge is 0.392 e. The van der Waals surface area contributed by atoms with Gasteiger partial charge in [-0.25, -0.2) is 0 Å². The predicted molar refractivity (Wildman–Crippen MR) is 80.8 cm³/mol. The van der Waals surface area contributed by atoms with Crippen LogP contribution in [0.25, 0.3) is 0 Å². The smallest absolute Gasteiger partial charge is 0.0684 e. The lowest BCUT2D eigenvalue weighted by molar-refractivity contribution is 0.132. The highest BCUT2D eigenvalue weighted by molar-refractivity contribution is 7.11. The van der Waals surface area contributed by atoms with E-state index in [0.29, 0.717) is 0 Å². The molecule has 2 aromatic rings. The molecule has 3 rings (SSSR count). The maximum atomic E-state index is 10.6. The number of rotatable bonds is 5. The molecule has 100 valence electrons. The number of hydrogen-bond acceptors (Lipinski definition) is 2. The standard InChI is InChI=1S/C17H20OS/c1-2-14-8-9-15(19-14)12-16(18)17(10-11-17)13-6-4-3-5-7-13/h3-9,16,18H,2,10-12H2,1H3. The summed E-state index contributed by atoms with van der Waals surface area (Å²) in [5.41, 5.74) is 1.33. The molecule has 1 nitrogen and oxygen atoms in total. The van der Waals surface area contributed by atoms with Gasteiger partial charge in [-0.3, -0.25) is 0 Å². The molecule has 2 heteroatoms. The van der Waals surface area contributed by atoms with Gasteiger partial charge < -0.3 is 5.11 Å². The van der Waals surface area contributed by atoms with Crippen LogP contribution in [0.4, 0.5) is 0 Å². The molecule has 1 aromatic carbocycles. The Morgan fingerprint density at radius 3 is 2.37 bits per heavy atom. The number of hydrogen-bond donors (Lipinski definition) is 1. The van der Waals surface area contributed by atoms with E-state index < -0.39 is 0 Å². The van der Waals surface area contributed by atoms with Crippen LogP contribution >= 0.6 is 11.3 Å². The molecule has 0 bridgehead atoms. The number of aliphatic hydroxyl groups is 1. The van der Waals surface area contributed by atoms with E-state index in [1.807, 2.05) is 17.4 Å². The summed E-state index contributed by atoms with van der Waals surface area (Å²) < 4.78 is 0. The molecule has 0 saturated heterocycles. The summed E-state index contributed by atoms with van der Waals surface area (Å²) in [7, 11) is 0. The lowest BCUT2D eigenvalue weighted by Crippen LogP contribution is -2.27. The molecule has 1 fully saturated rings. The van der Waals surface area contributed by atoms with Crippen molar-refractivity contribution in [3.63, 3.8) is 0 Å². The van der Waals surface area contributed by atoms with Crippen molar-refractivity contribution in [2.45, 2.75) is 44.1 Å². The first kappa shape index (κ1) is 12.9. The molecule has 1 N–H and O–H groups in total. The summed E-state index contributed by atoms with van der Waals surface area (Å²) in [5, 5.41) is 10.6. The van der Waals surface area contributed by atoms with Crippen LogP contribution in [0.15, 0.2) is 42.5 Å². The van der Waals surface area contributed by atoms with Crippen molar-refractivity contribution in [1.82, 2.24) is 0 Å². The highest BCUT2D eigenvalue weighted by Crippen LogP contribution is 2.51. The third-order valence-electron chi connectivity index (χ3n) is 4.24. The van der Waals surface area contributed by atoms with E-state index in [2.05, 4.69) is 43.3 Å². The summed E-state index contributed by atoms with van der Waals surface area (Å²) in [6.45, 7) is 2.18. The van der Waals surface area contributed by atoms with Crippen LogP contribution in [0.2, 0.25) is 0 Å². The van der Waals surface area contributed by atoms with Crippen LogP contribution in [0, 0.1) is 0 Å². The van der Waals surface area contributed by atoms with E-state index in [-0.39, 0.29) is 11.5 Å². The summed E-state index contributed by atoms with van der Waals surface area (Å²) in [4.78, 5) is 2.72. The van der Waals surface area contributed by atoms with Crippen molar-refractivity contribution in [3.8, 4) is 0 Å². The van der Waals surface area contributed by atoms with Crippen LogP contribution in [-0.2, 0) is 18.3 Å². The minimum Gasteiger partial charge on any atom is -0.392 e. The molecule has 1 atom stereocenters. The van der Waals surface area contributed by atoms with Crippen LogP contribution < -0.4 is 0 Å². The van der Waals surface area contributed by atoms with Crippen LogP contribution in [0.5, 0.6) is 0 Å². The van der Waals surface area contributed by atoms with E-state index in [1.54, 1.807) is 0 Å². The second-order valence-electron chi connectivity index (χ2n) is 5.46. The summed E-state index contributed by atoms with van der Waals surface area (Å²) >= 11 is 1.84. The Balaban J connectivity index is 1.75. The van der Waals surface area contributed by atoms with Gasteiger partial charge in [-0.05, 0) is 37.0 Å². The molecule has 1 aromatic heterocycles. The minimum atomic E-state index is -0.252. The first-order valence-electron chi connectivity index (χ1n) is 7.06. The molecule has 1 unspecified atom stereocenters. The predicted octanol–water partition coefficient (Wildman–Crippen LogP) is 3.95. The summed E-state index contributed by atoms with van der Waals surface area (Å²) in [6.07, 6.45) is 3.86. The lowest BCUT2D eigenvalue weighted by atomic mass is 9.88. The fourth-order valence-electron chi connectivity index (χ4n) is 2.83. The lowest BCUT2D eigenvalue weighted by Gasteiger charge is -2.22. The summed E-state index contributed by atoms with van der Waals surface area (Å²) in [5.74, 6) is 0. The molecule has 1 aliphatic carbocycles. The molecule has 19 heavy (non-hydrogen) atoms. The number of thiophene rings is 1. The second kappa shape index (κ2) is 5.10. The fourth-order valence-corrected chi connectivity index (χ4v) is 3.82. The molecular formula is C17H20OS. The zero-order valence-electron chi connectivity index (χ0n) is 11.3. The molecular weight excluding hydrogens is 252 g/mol. The molecule has 1 saturated carbocycles. The van der Waals surface area contributed by atoms with E-state index >= 15 is 0 Å². The maximum Gasteiger partial charge on any atom is 0.0684 e. The SMILES string of the molecule is CCc1ccc(CC(O)C2(c3ccccc3)CC2)s1. The average molecular weight is 272 g/mol. The monoisotopic (exact) mass is 272 g/mol. The van der Waals surface area contributed by atoms with E-state index in [9.17, 15) is 5.11 Å². The third kappa shape index (κ3) is 2.47. The van der Waals surface area contributed by atoms with Gasteiger partial charge >= 0.3 is 0 Å². The van der Waals surface area contributed by atoms with Gasteiger partial charge in [-0.2, -0.15) is 0 Å². The van der Waals surface area contributed by atoms with Gasteiger partial charge in [-0.15, -0.1) is 11.3 Å². The average Bonchev–Trinajstić information content (AvgIpc) is 3.15. The van der Waals surface area contributed by atoms with Gasteiger partial charge in [0.1, 0.15) is 0 Å². The van der Waals surface area contributed by atoms with Crippen LogP contribution in [0.3, 0.4) is 0 Å². The zero-order valence-corrected chi connectivity index (χ0v) is 12.1. The van der Waals surface area contributed by atoms with Crippen molar-refractivity contribution < 1.29 is 5.11 Å². The number of aryl methyl sites for hydroxylation is 1. The molecule has 0 aliphatic heterocycles. The zero-order chi connectivity index (χ0) is 13.3. The van der Waals surface area contributed by atoms with Gasteiger partial charge in [0.15, 0.2) is 0 Å². The van der Waals surface area contributed by atoms with E-state index in [0.717, 1.165) is 25.7 Å².